The van der Waals surface area contributed by atoms with Crippen LogP contribution in [-0.4, -0.2) is 41.6 Å². The Morgan fingerprint density at radius 1 is 0.900 bits per heavy atom. The second-order valence-electron chi connectivity index (χ2n) is 5.47. The van der Waals surface area contributed by atoms with E-state index in [1.165, 1.54) is 7.05 Å². The molecule has 2 fully saturated rings. The quantitative estimate of drug-likeness (QED) is 0.461. The van der Waals surface area contributed by atoms with Crippen molar-refractivity contribution >= 4 is 29.7 Å². The molecule has 2 aliphatic rings. The Kier molecular flexibility index (Phi) is 4.59. The predicted octanol–water partition coefficient (Wildman–Crippen LogP) is -0.466. The van der Waals surface area contributed by atoms with Gasteiger partial charge in [0, 0.05) is 19.9 Å². The maximum absolute atomic E-state index is 10.8. The van der Waals surface area contributed by atoms with Crippen LogP contribution in [-0.2, 0) is 19.2 Å². The van der Waals surface area contributed by atoms with Gasteiger partial charge in [0.05, 0.1) is 0 Å². The summed E-state index contributed by atoms with van der Waals surface area (Å²) in [5.41, 5.74) is -0.139. The Balaban J connectivity index is 0.000000200. The molecule has 0 unspecified atom stereocenters. The fourth-order valence-electron chi connectivity index (χ4n) is 1.79. The van der Waals surface area contributed by atoms with Gasteiger partial charge in [-0.1, -0.05) is 13.8 Å². The maximum atomic E-state index is 10.8. The van der Waals surface area contributed by atoms with Crippen molar-refractivity contribution in [3.8, 4) is 0 Å². The van der Waals surface area contributed by atoms with Crippen LogP contribution in [0.15, 0.2) is 0 Å². The van der Waals surface area contributed by atoms with Crippen LogP contribution in [0.2, 0.25) is 0 Å². The lowest BCUT2D eigenvalue weighted by Gasteiger charge is -2.27. The average molecular weight is 283 g/mol. The van der Waals surface area contributed by atoms with Crippen LogP contribution >= 0.6 is 0 Å². The SMILES string of the molecule is CC1(C)CC(=O)NC(=O)C1.CN1C(=O)CC(=O)NC1=O. The van der Waals surface area contributed by atoms with Crippen LogP contribution in [0, 0.1) is 5.41 Å². The van der Waals surface area contributed by atoms with Gasteiger partial charge in [-0.15, -0.1) is 0 Å². The Bertz CT molecular complexity index is 445. The smallest absolute Gasteiger partial charge is 0.296 e. The molecule has 2 N–H and O–H groups in total. The molecule has 6 amide bonds. The van der Waals surface area contributed by atoms with Gasteiger partial charge in [0.2, 0.25) is 23.6 Å². The average Bonchev–Trinajstić information content (AvgIpc) is 2.22. The molecule has 0 atom stereocenters. The molecule has 0 bridgehead atoms. The van der Waals surface area contributed by atoms with Crippen molar-refractivity contribution in [2.45, 2.75) is 33.1 Å². The van der Waals surface area contributed by atoms with Gasteiger partial charge in [0.15, 0.2) is 0 Å². The number of hydrogen-bond donors (Lipinski definition) is 2. The fourth-order valence-corrected chi connectivity index (χ4v) is 1.79. The first-order chi connectivity index (χ1) is 9.10. The van der Waals surface area contributed by atoms with Crippen molar-refractivity contribution in [3.63, 3.8) is 0 Å². The minimum atomic E-state index is -0.652. The fraction of sp³-hybridized carbons (Fsp3) is 0.583. The summed E-state index contributed by atoms with van der Waals surface area (Å²) in [4.78, 5) is 54.1. The first kappa shape index (κ1) is 15.8. The van der Waals surface area contributed by atoms with Crippen molar-refractivity contribution in [1.29, 1.82) is 0 Å². The number of barbiturate groups is 1. The summed E-state index contributed by atoms with van der Waals surface area (Å²) in [6, 6.07) is -0.652. The van der Waals surface area contributed by atoms with E-state index in [2.05, 4.69) is 5.32 Å². The summed E-state index contributed by atoms with van der Waals surface area (Å²) >= 11 is 0. The van der Waals surface area contributed by atoms with E-state index in [1.54, 1.807) is 0 Å². The number of rotatable bonds is 0. The molecule has 0 aliphatic carbocycles. The molecule has 8 heteroatoms. The van der Waals surface area contributed by atoms with Crippen molar-refractivity contribution in [2.24, 2.45) is 5.41 Å². The largest absolute Gasteiger partial charge is 0.330 e. The number of hydrogen-bond acceptors (Lipinski definition) is 5. The Labute approximate surface area is 115 Å². The number of urea groups is 1. The zero-order valence-corrected chi connectivity index (χ0v) is 11.6. The Hall–Kier alpha value is -2.25. The summed E-state index contributed by atoms with van der Waals surface area (Å²) in [6.07, 6.45) is 0.680. The molecule has 2 saturated heterocycles. The van der Waals surface area contributed by atoms with Gasteiger partial charge < -0.3 is 0 Å². The summed E-state index contributed by atoms with van der Waals surface area (Å²) in [7, 11) is 1.32. The van der Waals surface area contributed by atoms with Crippen molar-refractivity contribution in [3.05, 3.63) is 0 Å². The molecule has 110 valence electrons. The summed E-state index contributed by atoms with van der Waals surface area (Å²) < 4.78 is 0. The van der Waals surface area contributed by atoms with Gasteiger partial charge in [-0.05, 0) is 5.41 Å². The summed E-state index contributed by atoms with van der Waals surface area (Å²) in [5.74, 6) is -1.30. The number of nitrogens with zero attached hydrogens (tertiary/aromatic N) is 1. The Morgan fingerprint density at radius 2 is 1.40 bits per heavy atom. The van der Waals surface area contributed by atoms with Crippen LogP contribution in [0.1, 0.15) is 33.1 Å². The lowest BCUT2D eigenvalue weighted by molar-refractivity contribution is -0.138. The monoisotopic (exact) mass is 283 g/mol. The van der Waals surface area contributed by atoms with E-state index in [4.69, 9.17) is 0 Å². The molecular formula is C12H17N3O5. The molecule has 0 aromatic rings. The maximum Gasteiger partial charge on any atom is 0.330 e. The van der Waals surface area contributed by atoms with E-state index < -0.39 is 17.8 Å². The highest BCUT2D eigenvalue weighted by atomic mass is 16.2. The number of piperidine rings is 1. The van der Waals surface area contributed by atoms with E-state index in [0.29, 0.717) is 12.8 Å². The van der Waals surface area contributed by atoms with Gasteiger partial charge in [0.25, 0.3) is 0 Å². The lowest BCUT2D eigenvalue weighted by Crippen LogP contribution is -2.50. The highest BCUT2D eigenvalue weighted by molar-refractivity contribution is 6.13. The molecule has 0 aromatic heterocycles. The number of carbonyl (C=O) groups excluding carboxylic acids is 5. The molecule has 0 radical (unpaired) electrons. The molecule has 2 rings (SSSR count). The van der Waals surface area contributed by atoms with E-state index in [0.717, 1.165) is 4.90 Å². The number of nitrogens with one attached hydrogen (secondary N) is 2. The van der Waals surface area contributed by atoms with Crippen LogP contribution in [0.5, 0.6) is 0 Å². The Morgan fingerprint density at radius 3 is 1.80 bits per heavy atom. The highest BCUT2D eigenvalue weighted by Crippen LogP contribution is 2.27. The third kappa shape index (κ3) is 4.45. The van der Waals surface area contributed by atoms with E-state index >= 15 is 0 Å². The third-order valence-electron chi connectivity index (χ3n) is 2.79. The second kappa shape index (κ2) is 5.81. The molecule has 2 heterocycles. The zero-order valence-electron chi connectivity index (χ0n) is 11.6. The van der Waals surface area contributed by atoms with Crippen LogP contribution in [0.25, 0.3) is 0 Å². The van der Waals surface area contributed by atoms with E-state index in [1.807, 2.05) is 19.2 Å². The predicted molar refractivity (Wildman–Crippen MR) is 67.1 cm³/mol. The molecule has 20 heavy (non-hydrogen) atoms. The highest BCUT2D eigenvalue weighted by Gasteiger charge is 2.31. The first-order valence-electron chi connectivity index (χ1n) is 6.04. The second-order valence-corrected chi connectivity index (χ2v) is 5.47. The molecule has 0 spiro atoms. The summed E-state index contributed by atoms with van der Waals surface area (Å²) in [6.45, 7) is 3.84. The van der Waals surface area contributed by atoms with Crippen molar-refractivity contribution in [1.82, 2.24) is 15.5 Å². The van der Waals surface area contributed by atoms with Crippen molar-refractivity contribution < 1.29 is 24.0 Å². The van der Waals surface area contributed by atoms with E-state index in [-0.39, 0.29) is 23.7 Å². The number of amides is 6. The molecule has 8 nitrogen and oxygen atoms in total. The minimum Gasteiger partial charge on any atom is -0.296 e. The normalized spacial score (nSPS) is 21.8. The minimum absolute atomic E-state index is 0.139. The van der Waals surface area contributed by atoms with E-state index in [9.17, 15) is 24.0 Å². The van der Waals surface area contributed by atoms with Crippen molar-refractivity contribution in [2.75, 3.05) is 7.05 Å². The molecule has 0 aromatic carbocycles. The van der Waals surface area contributed by atoms with Crippen LogP contribution < -0.4 is 10.6 Å². The molecule has 0 saturated carbocycles. The number of carbonyl (C=O) groups is 5. The van der Waals surface area contributed by atoms with Gasteiger partial charge in [-0.25, -0.2) is 4.79 Å². The first-order valence-corrected chi connectivity index (χ1v) is 6.04. The topological polar surface area (TPSA) is 113 Å². The summed E-state index contributed by atoms with van der Waals surface area (Å²) in [5, 5.41) is 4.24. The molecular weight excluding hydrogens is 266 g/mol. The van der Waals surface area contributed by atoms with Gasteiger partial charge in [0.1, 0.15) is 6.42 Å². The van der Waals surface area contributed by atoms with Gasteiger partial charge >= 0.3 is 6.03 Å². The zero-order chi connectivity index (χ0) is 15.5. The van der Waals surface area contributed by atoms with Crippen LogP contribution in [0.4, 0.5) is 4.79 Å². The van der Waals surface area contributed by atoms with Crippen LogP contribution in [0.3, 0.4) is 0 Å². The lowest BCUT2D eigenvalue weighted by atomic mass is 9.83. The third-order valence-corrected chi connectivity index (χ3v) is 2.79. The molecule has 2 aliphatic heterocycles. The van der Waals surface area contributed by atoms with Gasteiger partial charge in [-0.3, -0.25) is 34.7 Å². The number of imide groups is 3. The van der Waals surface area contributed by atoms with Gasteiger partial charge in [-0.2, -0.15) is 0 Å². The standard InChI is InChI=1S/C7H11NO2.C5H6N2O3/c1-7(2)3-5(9)8-6(10)4-7;1-7-4(9)2-3(8)6-5(7)10/h3-4H2,1-2H3,(H,8,9,10);2H2,1H3,(H,6,8,10).